The Morgan fingerprint density at radius 3 is 2.32 bits per heavy atom. The van der Waals surface area contributed by atoms with E-state index in [1.54, 1.807) is 0 Å². The van der Waals surface area contributed by atoms with Crippen LogP contribution in [0, 0.1) is 6.92 Å². The predicted octanol–water partition coefficient (Wildman–Crippen LogP) is 5.30. The summed E-state index contributed by atoms with van der Waals surface area (Å²) in [6.07, 6.45) is 4.81. The maximum absolute atomic E-state index is 5.89. The number of hydrogen-bond acceptors (Lipinski definition) is 0. The van der Waals surface area contributed by atoms with Gasteiger partial charge in [-0.2, -0.15) is 0 Å². The molecule has 2 rings (SSSR count). The van der Waals surface area contributed by atoms with Gasteiger partial charge in [0.2, 0.25) is 0 Å². The number of alkyl halides is 1. The molecule has 0 bridgehead atoms. The number of hydrogen-bond donors (Lipinski definition) is 0. The van der Waals surface area contributed by atoms with E-state index < -0.39 is 0 Å². The molecule has 0 N–H and O–H groups in total. The van der Waals surface area contributed by atoms with Crippen LogP contribution in [0.3, 0.4) is 0 Å². The van der Waals surface area contributed by atoms with Crippen LogP contribution in [0.2, 0.25) is 0 Å². The molecular formula is C18H21Cl. The molecule has 0 radical (unpaired) electrons. The Labute approximate surface area is 121 Å². The molecule has 0 atom stereocenters. The van der Waals surface area contributed by atoms with Crippen molar-refractivity contribution in [1.29, 1.82) is 0 Å². The van der Waals surface area contributed by atoms with E-state index in [9.17, 15) is 0 Å². The Kier molecular flexibility index (Phi) is 5.47. The molecule has 100 valence electrons. The molecule has 0 aliphatic carbocycles. The molecule has 0 amide bonds. The van der Waals surface area contributed by atoms with Gasteiger partial charge in [0.1, 0.15) is 0 Å². The van der Waals surface area contributed by atoms with E-state index in [1.165, 1.54) is 41.5 Å². The molecule has 0 aliphatic heterocycles. The summed E-state index contributed by atoms with van der Waals surface area (Å²) in [6, 6.07) is 17.3. The number of aryl methyl sites for hydroxylation is 3. The van der Waals surface area contributed by atoms with Gasteiger partial charge < -0.3 is 0 Å². The molecule has 0 aliphatic rings. The maximum Gasteiger partial charge on any atom is 0.0474 e. The molecule has 2 aromatic rings. The standard InChI is InChI=1S/C18H21Cl/c1-15-11-12-17(14-19)13-18(15)10-6-5-9-16-7-3-2-4-8-16/h2-4,7-8,11-13H,5-6,9-10,14H2,1H3. The summed E-state index contributed by atoms with van der Waals surface area (Å²) in [5.41, 5.74) is 5.50. The monoisotopic (exact) mass is 272 g/mol. The van der Waals surface area contributed by atoms with Crippen LogP contribution < -0.4 is 0 Å². The summed E-state index contributed by atoms with van der Waals surface area (Å²) in [7, 11) is 0. The van der Waals surface area contributed by atoms with Crippen molar-refractivity contribution in [3.05, 3.63) is 70.8 Å². The lowest BCUT2D eigenvalue weighted by Crippen LogP contribution is -1.93. The maximum atomic E-state index is 5.89. The molecule has 2 aromatic carbocycles. The molecule has 0 heterocycles. The van der Waals surface area contributed by atoms with Crippen LogP contribution in [0.5, 0.6) is 0 Å². The van der Waals surface area contributed by atoms with Gasteiger partial charge in [-0.15, -0.1) is 11.6 Å². The van der Waals surface area contributed by atoms with Crippen molar-refractivity contribution < 1.29 is 0 Å². The lowest BCUT2D eigenvalue weighted by molar-refractivity contribution is 0.731. The minimum Gasteiger partial charge on any atom is -0.122 e. The van der Waals surface area contributed by atoms with Crippen LogP contribution >= 0.6 is 11.6 Å². The number of unbranched alkanes of at least 4 members (excludes halogenated alkanes) is 1. The van der Waals surface area contributed by atoms with Gasteiger partial charge >= 0.3 is 0 Å². The Hall–Kier alpha value is -1.27. The lowest BCUT2D eigenvalue weighted by atomic mass is 9.99. The third-order valence-corrected chi connectivity index (χ3v) is 3.88. The van der Waals surface area contributed by atoms with Crippen molar-refractivity contribution in [3.63, 3.8) is 0 Å². The fraction of sp³-hybridized carbons (Fsp3) is 0.333. The molecule has 0 nitrogen and oxygen atoms in total. The zero-order chi connectivity index (χ0) is 13.5. The highest BCUT2D eigenvalue weighted by atomic mass is 35.5. The fourth-order valence-corrected chi connectivity index (χ4v) is 2.53. The van der Waals surface area contributed by atoms with Gasteiger partial charge in [-0.1, -0.05) is 48.5 Å². The van der Waals surface area contributed by atoms with Gasteiger partial charge in [-0.05, 0) is 54.9 Å². The smallest absolute Gasteiger partial charge is 0.0474 e. The first-order valence-electron chi connectivity index (χ1n) is 6.98. The summed E-state index contributed by atoms with van der Waals surface area (Å²) >= 11 is 5.89. The Morgan fingerprint density at radius 1 is 0.842 bits per heavy atom. The first-order valence-corrected chi connectivity index (χ1v) is 7.51. The van der Waals surface area contributed by atoms with E-state index in [-0.39, 0.29) is 0 Å². The van der Waals surface area contributed by atoms with Crippen LogP contribution in [-0.2, 0) is 18.7 Å². The predicted molar refractivity (Wildman–Crippen MR) is 83.8 cm³/mol. The third kappa shape index (κ3) is 4.40. The molecule has 0 saturated carbocycles. The van der Waals surface area contributed by atoms with E-state index >= 15 is 0 Å². The second-order valence-corrected chi connectivity index (χ2v) is 5.35. The van der Waals surface area contributed by atoms with E-state index in [1.807, 2.05) is 0 Å². The first kappa shape index (κ1) is 14.1. The Balaban J connectivity index is 1.82. The molecule has 0 spiro atoms. The topological polar surface area (TPSA) is 0 Å². The molecule has 0 saturated heterocycles. The van der Waals surface area contributed by atoms with Gasteiger partial charge in [0.15, 0.2) is 0 Å². The van der Waals surface area contributed by atoms with Crippen molar-refractivity contribution in [2.75, 3.05) is 0 Å². The molecule has 0 fully saturated rings. The van der Waals surface area contributed by atoms with Crippen molar-refractivity contribution in [2.45, 2.75) is 38.5 Å². The van der Waals surface area contributed by atoms with Gasteiger partial charge in [-0.3, -0.25) is 0 Å². The highest BCUT2D eigenvalue weighted by Crippen LogP contribution is 2.16. The zero-order valence-corrected chi connectivity index (χ0v) is 12.3. The SMILES string of the molecule is Cc1ccc(CCl)cc1CCCCc1ccccc1. The quantitative estimate of drug-likeness (QED) is 0.494. The van der Waals surface area contributed by atoms with E-state index in [0.717, 1.165) is 6.42 Å². The second-order valence-electron chi connectivity index (χ2n) is 5.09. The van der Waals surface area contributed by atoms with Crippen molar-refractivity contribution in [1.82, 2.24) is 0 Å². The number of halogens is 1. The number of rotatable bonds is 6. The summed E-state index contributed by atoms with van der Waals surface area (Å²) in [5, 5.41) is 0. The molecule has 0 aromatic heterocycles. The second kappa shape index (κ2) is 7.35. The lowest BCUT2D eigenvalue weighted by Gasteiger charge is -2.08. The Morgan fingerprint density at radius 2 is 1.58 bits per heavy atom. The fourth-order valence-electron chi connectivity index (χ4n) is 2.37. The average molecular weight is 273 g/mol. The summed E-state index contributed by atoms with van der Waals surface area (Å²) < 4.78 is 0. The highest BCUT2D eigenvalue weighted by molar-refractivity contribution is 6.17. The largest absolute Gasteiger partial charge is 0.122 e. The first-order chi connectivity index (χ1) is 9.29. The van der Waals surface area contributed by atoms with E-state index in [2.05, 4.69) is 55.5 Å². The summed E-state index contributed by atoms with van der Waals surface area (Å²) in [6.45, 7) is 2.19. The van der Waals surface area contributed by atoms with Crippen molar-refractivity contribution in [2.24, 2.45) is 0 Å². The molecule has 19 heavy (non-hydrogen) atoms. The zero-order valence-electron chi connectivity index (χ0n) is 11.5. The molecule has 1 heteroatoms. The van der Waals surface area contributed by atoms with Crippen LogP contribution in [0.1, 0.15) is 35.1 Å². The van der Waals surface area contributed by atoms with Crippen LogP contribution in [-0.4, -0.2) is 0 Å². The minimum atomic E-state index is 0.608. The van der Waals surface area contributed by atoms with E-state index in [4.69, 9.17) is 11.6 Å². The Bertz CT molecular complexity index is 502. The average Bonchev–Trinajstić information content (AvgIpc) is 2.46. The highest BCUT2D eigenvalue weighted by Gasteiger charge is 2.01. The van der Waals surface area contributed by atoms with Crippen molar-refractivity contribution in [3.8, 4) is 0 Å². The van der Waals surface area contributed by atoms with Crippen LogP contribution in [0.15, 0.2) is 48.5 Å². The molecule has 0 unspecified atom stereocenters. The molecular weight excluding hydrogens is 252 g/mol. The van der Waals surface area contributed by atoms with Crippen molar-refractivity contribution >= 4 is 11.6 Å². The van der Waals surface area contributed by atoms with Crippen LogP contribution in [0.4, 0.5) is 0 Å². The minimum absolute atomic E-state index is 0.608. The third-order valence-electron chi connectivity index (χ3n) is 3.57. The normalized spacial score (nSPS) is 10.6. The van der Waals surface area contributed by atoms with Gasteiger partial charge in [0.25, 0.3) is 0 Å². The summed E-state index contributed by atoms with van der Waals surface area (Å²) in [5.74, 6) is 0.608. The van der Waals surface area contributed by atoms with Gasteiger partial charge in [0.05, 0.1) is 0 Å². The number of benzene rings is 2. The van der Waals surface area contributed by atoms with E-state index in [0.29, 0.717) is 5.88 Å². The van der Waals surface area contributed by atoms with Crippen LogP contribution in [0.25, 0.3) is 0 Å². The van der Waals surface area contributed by atoms with Gasteiger partial charge in [0, 0.05) is 5.88 Å². The summed E-state index contributed by atoms with van der Waals surface area (Å²) in [4.78, 5) is 0. The van der Waals surface area contributed by atoms with Gasteiger partial charge in [-0.25, -0.2) is 0 Å².